The van der Waals surface area contributed by atoms with Gasteiger partial charge >= 0.3 is 0 Å². The molecule has 2 rings (SSSR count). The van der Waals surface area contributed by atoms with Crippen molar-refractivity contribution in [1.82, 2.24) is 14.5 Å². The molecular weight excluding hydrogens is 254 g/mol. The van der Waals surface area contributed by atoms with Crippen LogP contribution in [0, 0.1) is 4.77 Å². The summed E-state index contributed by atoms with van der Waals surface area (Å²) < 4.78 is 2.90. The minimum Gasteiger partial charge on any atom is -0.331 e. The molecule has 0 saturated heterocycles. The summed E-state index contributed by atoms with van der Waals surface area (Å²) in [6.07, 6.45) is 0. The van der Waals surface area contributed by atoms with Gasteiger partial charge in [0.1, 0.15) is 4.70 Å². The number of fused-ring (bicyclic) bond motifs is 1. The van der Waals surface area contributed by atoms with Crippen LogP contribution in [0.1, 0.15) is 13.0 Å². The molecule has 17 heavy (non-hydrogen) atoms. The van der Waals surface area contributed by atoms with Gasteiger partial charge in [-0.2, -0.15) is 0 Å². The normalized spacial score (nSPS) is 13.4. The van der Waals surface area contributed by atoms with Crippen LogP contribution < -0.4 is 5.56 Å². The number of H-pyrrole nitrogens is 1. The zero-order valence-corrected chi connectivity index (χ0v) is 11.7. The Morgan fingerprint density at radius 3 is 2.94 bits per heavy atom. The molecule has 0 fully saturated rings. The van der Waals surface area contributed by atoms with E-state index < -0.39 is 0 Å². The van der Waals surface area contributed by atoms with Crippen molar-refractivity contribution in [3.8, 4) is 0 Å². The maximum Gasteiger partial charge on any atom is 0.272 e. The monoisotopic (exact) mass is 269 g/mol. The van der Waals surface area contributed by atoms with Gasteiger partial charge in [0, 0.05) is 12.6 Å². The average molecular weight is 269 g/mol. The van der Waals surface area contributed by atoms with Crippen molar-refractivity contribution in [3.63, 3.8) is 0 Å². The molecule has 6 heteroatoms. The van der Waals surface area contributed by atoms with Crippen molar-refractivity contribution in [2.24, 2.45) is 0 Å². The molecule has 1 unspecified atom stereocenters. The summed E-state index contributed by atoms with van der Waals surface area (Å²) in [7, 11) is 3.97. The maximum atomic E-state index is 12.3. The lowest BCUT2D eigenvalue weighted by Crippen LogP contribution is -2.31. The fraction of sp³-hybridized carbons (Fsp3) is 0.455. The minimum absolute atomic E-state index is 0.00750. The molecule has 2 heterocycles. The summed E-state index contributed by atoms with van der Waals surface area (Å²) in [5.74, 6) is 0. The van der Waals surface area contributed by atoms with Crippen molar-refractivity contribution in [2.45, 2.75) is 13.0 Å². The molecule has 1 N–H and O–H groups in total. The van der Waals surface area contributed by atoms with Gasteiger partial charge in [-0.1, -0.05) is 0 Å². The van der Waals surface area contributed by atoms with E-state index in [1.807, 2.05) is 37.4 Å². The Morgan fingerprint density at radius 2 is 2.29 bits per heavy atom. The number of hydrogen-bond donors (Lipinski definition) is 1. The first-order valence-corrected chi connectivity index (χ1v) is 6.66. The van der Waals surface area contributed by atoms with E-state index in [-0.39, 0.29) is 11.6 Å². The number of nitrogens with zero attached hydrogens (tertiary/aromatic N) is 2. The van der Waals surface area contributed by atoms with Gasteiger partial charge in [0.05, 0.1) is 5.52 Å². The summed E-state index contributed by atoms with van der Waals surface area (Å²) in [6, 6.07) is 1.95. The van der Waals surface area contributed by atoms with E-state index >= 15 is 0 Å². The Morgan fingerprint density at radius 1 is 1.59 bits per heavy atom. The molecule has 0 aliphatic rings. The summed E-state index contributed by atoms with van der Waals surface area (Å²) >= 11 is 6.70. The molecular formula is C11H15N3OS2. The molecule has 4 nitrogen and oxygen atoms in total. The van der Waals surface area contributed by atoms with E-state index in [0.29, 0.717) is 4.77 Å². The van der Waals surface area contributed by atoms with Gasteiger partial charge < -0.3 is 9.88 Å². The number of hydrogen-bond acceptors (Lipinski definition) is 4. The van der Waals surface area contributed by atoms with Gasteiger partial charge in [0.15, 0.2) is 4.77 Å². The Hall–Kier alpha value is -0.980. The highest BCUT2D eigenvalue weighted by Gasteiger charge is 2.12. The van der Waals surface area contributed by atoms with Crippen LogP contribution in [0.2, 0.25) is 0 Å². The summed E-state index contributed by atoms with van der Waals surface area (Å²) in [5, 5.41) is 1.90. The van der Waals surface area contributed by atoms with E-state index in [1.165, 1.54) is 11.3 Å². The Balaban J connectivity index is 2.60. The predicted molar refractivity (Wildman–Crippen MR) is 74.5 cm³/mol. The van der Waals surface area contributed by atoms with Crippen LogP contribution in [-0.4, -0.2) is 35.1 Å². The number of aromatic amines is 1. The maximum absolute atomic E-state index is 12.3. The first-order chi connectivity index (χ1) is 8.00. The molecule has 0 amide bonds. The molecule has 0 aliphatic carbocycles. The number of nitrogens with one attached hydrogen (secondary N) is 1. The van der Waals surface area contributed by atoms with Crippen molar-refractivity contribution in [1.29, 1.82) is 0 Å². The van der Waals surface area contributed by atoms with Gasteiger partial charge in [-0.3, -0.25) is 9.36 Å². The molecule has 2 aromatic rings. The van der Waals surface area contributed by atoms with Crippen molar-refractivity contribution in [2.75, 3.05) is 20.6 Å². The van der Waals surface area contributed by atoms with Gasteiger partial charge in [-0.15, -0.1) is 11.3 Å². The third-order valence-corrected chi connectivity index (χ3v) is 3.81. The molecule has 1 atom stereocenters. The minimum atomic E-state index is 0.00750. The van der Waals surface area contributed by atoms with Crippen LogP contribution in [0.15, 0.2) is 16.2 Å². The lowest BCUT2D eigenvalue weighted by Gasteiger charge is -2.19. The predicted octanol–water partition coefficient (Wildman–Crippen LogP) is 2.24. The number of aromatic nitrogens is 2. The van der Waals surface area contributed by atoms with E-state index in [9.17, 15) is 4.79 Å². The second kappa shape index (κ2) is 4.72. The largest absolute Gasteiger partial charge is 0.331 e. The Kier molecular flexibility index (Phi) is 3.46. The van der Waals surface area contributed by atoms with Gasteiger partial charge in [0.25, 0.3) is 5.56 Å². The fourth-order valence-corrected chi connectivity index (χ4v) is 3.12. The van der Waals surface area contributed by atoms with Crippen LogP contribution in [0.4, 0.5) is 0 Å². The topological polar surface area (TPSA) is 41.0 Å². The molecule has 0 bridgehead atoms. The lowest BCUT2D eigenvalue weighted by molar-refractivity contribution is 0.330. The number of thiophene rings is 1. The third kappa shape index (κ3) is 2.34. The molecule has 0 saturated carbocycles. The number of likely N-dealkylation sites (N-methyl/N-ethyl adjacent to an activating group) is 1. The van der Waals surface area contributed by atoms with Crippen LogP contribution in [0.5, 0.6) is 0 Å². The second-order valence-electron chi connectivity index (χ2n) is 4.38. The molecule has 0 aromatic carbocycles. The highest BCUT2D eigenvalue weighted by molar-refractivity contribution is 7.71. The fourth-order valence-electron chi connectivity index (χ4n) is 1.96. The van der Waals surface area contributed by atoms with E-state index in [2.05, 4.69) is 4.98 Å². The SMILES string of the molecule is CC(CN(C)C)n1c(=S)[nH]c2ccsc2c1=O. The Labute approximate surface area is 109 Å². The first kappa shape index (κ1) is 12.5. The average Bonchev–Trinajstić information content (AvgIpc) is 2.64. The van der Waals surface area contributed by atoms with Crippen molar-refractivity contribution < 1.29 is 0 Å². The molecule has 92 valence electrons. The quantitative estimate of drug-likeness (QED) is 0.869. The molecule has 0 radical (unpaired) electrons. The summed E-state index contributed by atoms with van der Waals surface area (Å²) in [6.45, 7) is 2.79. The smallest absolute Gasteiger partial charge is 0.272 e. The van der Waals surface area contributed by atoms with E-state index in [0.717, 1.165) is 16.8 Å². The Bertz CT molecular complexity index is 638. The van der Waals surface area contributed by atoms with Crippen molar-refractivity contribution in [3.05, 3.63) is 26.6 Å². The van der Waals surface area contributed by atoms with Crippen LogP contribution in [0.25, 0.3) is 10.2 Å². The standard InChI is InChI=1S/C11H15N3OS2/c1-7(6-13(2)3)14-10(15)9-8(4-5-17-9)12-11(14)16/h4-5,7H,6H2,1-3H3,(H,12,16). The third-order valence-electron chi connectivity index (χ3n) is 2.61. The molecule has 2 aromatic heterocycles. The highest BCUT2D eigenvalue weighted by Crippen LogP contribution is 2.15. The van der Waals surface area contributed by atoms with E-state index in [1.54, 1.807) is 4.57 Å². The van der Waals surface area contributed by atoms with Crippen LogP contribution in [-0.2, 0) is 0 Å². The highest BCUT2D eigenvalue weighted by atomic mass is 32.1. The van der Waals surface area contributed by atoms with Gasteiger partial charge in [-0.25, -0.2) is 0 Å². The van der Waals surface area contributed by atoms with Crippen LogP contribution in [0.3, 0.4) is 0 Å². The zero-order valence-electron chi connectivity index (χ0n) is 10.1. The van der Waals surface area contributed by atoms with Crippen molar-refractivity contribution >= 4 is 33.8 Å². The number of rotatable bonds is 3. The van der Waals surface area contributed by atoms with Gasteiger partial charge in [-0.05, 0) is 44.7 Å². The van der Waals surface area contributed by atoms with Crippen LogP contribution >= 0.6 is 23.6 Å². The first-order valence-electron chi connectivity index (χ1n) is 5.37. The molecule has 0 spiro atoms. The van der Waals surface area contributed by atoms with Gasteiger partial charge in [0.2, 0.25) is 0 Å². The summed E-state index contributed by atoms with van der Waals surface area (Å²) in [4.78, 5) is 17.5. The van der Waals surface area contributed by atoms with E-state index in [4.69, 9.17) is 12.2 Å². The zero-order chi connectivity index (χ0) is 12.6. The molecule has 0 aliphatic heterocycles. The summed E-state index contributed by atoms with van der Waals surface area (Å²) in [5.41, 5.74) is 0.839. The second-order valence-corrected chi connectivity index (χ2v) is 5.68. The lowest BCUT2D eigenvalue weighted by atomic mass is 10.3.